The first-order valence-corrected chi connectivity index (χ1v) is 38.1. The number of aromatic nitrogens is 1. The molecule has 0 saturated heterocycles. The van der Waals surface area contributed by atoms with Crippen LogP contribution in [-0.2, 0) is 80.0 Å². The van der Waals surface area contributed by atoms with Crippen LogP contribution < -0.4 is 116 Å². The molecule has 0 aliphatic carbocycles. The van der Waals surface area contributed by atoms with Gasteiger partial charge in [0.25, 0.3) is 0 Å². The van der Waals surface area contributed by atoms with Crippen LogP contribution in [0.1, 0.15) is 115 Å². The number of hydrogen-bond donors (Lipinski definition) is 24. The highest BCUT2D eigenvalue weighted by atomic mass is 32.2. The summed E-state index contributed by atoms with van der Waals surface area (Å²) in [6.07, 6.45) is 1.49. The van der Waals surface area contributed by atoms with Crippen molar-refractivity contribution in [1.82, 2.24) is 63.5 Å². The number of nitrogens with one attached hydrogen (secondary N) is 12. The number of fused-ring (bicyclic) bond motifs is 1. The lowest BCUT2D eigenvalue weighted by Crippen LogP contribution is -2.61. The van der Waals surface area contributed by atoms with Crippen molar-refractivity contribution < 1.29 is 72.2 Å². The molecular formula is C69H111N25O15S2. The molecule has 0 bridgehead atoms. The Balaban J connectivity index is 1.99. The largest absolute Gasteiger partial charge is 0.480 e. The summed E-state index contributed by atoms with van der Waals surface area (Å²) in [6, 6.07) is -2.13. The molecule has 0 unspecified atom stereocenters. The maximum atomic E-state index is 14.7. The number of H-pyrrole nitrogens is 1. The maximum Gasteiger partial charge on any atom is 0.326 e. The summed E-state index contributed by atoms with van der Waals surface area (Å²) in [7, 11) is 0. The Morgan fingerprint density at radius 1 is 0.459 bits per heavy atom. The summed E-state index contributed by atoms with van der Waals surface area (Å²) in [4.78, 5) is 209. The number of benzene rings is 2. The quantitative estimate of drug-likeness (QED) is 0.0108. The van der Waals surface area contributed by atoms with Gasteiger partial charge >= 0.3 is 5.97 Å². The monoisotopic (exact) mass is 1590 g/mol. The van der Waals surface area contributed by atoms with E-state index in [0.717, 1.165) is 0 Å². The van der Waals surface area contributed by atoms with E-state index in [1.807, 2.05) is 0 Å². The number of aromatic amines is 1. The third-order valence-corrected chi connectivity index (χ3v) is 18.1. The lowest BCUT2D eigenvalue weighted by molar-refractivity contribution is -0.143. The number of nitrogens with zero attached hydrogens (tertiary/aromatic N) is 3. The normalized spacial score (nSPS) is 14.3. The molecule has 0 fully saturated rings. The second-order valence-electron chi connectivity index (χ2n) is 26.5. The van der Waals surface area contributed by atoms with E-state index >= 15 is 0 Å². The number of thiol groups is 1. The van der Waals surface area contributed by atoms with E-state index in [0.29, 0.717) is 28.5 Å². The van der Waals surface area contributed by atoms with Crippen molar-refractivity contribution in [2.45, 2.75) is 190 Å². The van der Waals surface area contributed by atoms with E-state index in [4.69, 9.17) is 57.3 Å². The van der Waals surface area contributed by atoms with Crippen LogP contribution in [0.25, 0.3) is 10.9 Å². The van der Waals surface area contributed by atoms with Crippen LogP contribution in [0.2, 0.25) is 0 Å². The highest BCUT2D eigenvalue weighted by molar-refractivity contribution is 7.98. The zero-order chi connectivity index (χ0) is 82.9. The molecule has 3 rings (SSSR count). The molecule has 0 saturated carbocycles. The van der Waals surface area contributed by atoms with Gasteiger partial charge in [-0.2, -0.15) is 24.4 Å². The summed E-state index contributed by atoms with van der Waals surface area (Å²) in [5.74, 6) is -15.0. The summed E-state index contributed by atoms with van der Waals surface area (Å²) >= 11 is 5.35. The van der Waals surface area contributed by atoms with Crippen molar-refractivity contribution in [1.29, 1.82) is 0 Å². The van der Waals surface area contributed by atoms with Gasteiger partial charge in [-0.15, -0.1) is 0 Å². The Labute approximate surface area is 652 Å². The molecule has 614 valence electrons. The smallest absolute Gasteiger partial charge is 0.326 e. The first kappa shape index (κ1) is 94.2. The summed E-state index contributed by atoms with van der Waals surface area (Å²) in [5.41, 5.74) is 57.7. The van der Waals surface area contributed by atoms with Crippen LogP contribution in [0.3, 0.4) is 0 Å². The fraction of sp³-hybridized carbons (Fsp3) is 0.551. The van der Waals surface area contributed by atoms with Gasteiger partial charge in [-0.25, -0.2) is 4.79 Å². The number of para-hydroxylation sites is 1. The van der Waals surface area contributed by atoms with Crippen LogP contribution in [0.5, 0.6) is 0 Å². The van der Waals surface area contributed by atoms with Gasteiger partial charge < -0.3 is 126 Å². The number of guanidine groups is 3. The third kappa shape index (κ3) is 35.5. The number of amides is 13. The minimum absolute atomic E-state index is 0.00971. The van der Waals surface area contributed by atoms with Crippen LogP contribution in [0.4, 0.5) is 0 Å². The van der Waals surface area contributed by atoms with Crippen molar-refractivity contribution in [2.24, 2.45) is 78.2 Å². The van der Waals surface area contributed by atoms with Gasteiger partial charge in [0.05, 0.1) is 12.5 Å². The topological polar surface area (TPSA) is 705 Å². The van der Waals surface area contributed by atoms with E-state index in [1.165, 1.54) is 18.7 Å². The van der Waals surface area contributed by atoms with Crippen molar-refractivity contribution in [3.05, 3.63) is 71.9 Å². The average molecular weight is 1590 g/mol. The molecule has 33 N–H and O–H groups in total. The molecule has 2 aromatic carbocycles. The van der Waals surface area contributed by atoms with E-state index < -0.39 is 174 Å². The number of hydrogen-bond acceptors (Lipinski definition) is 21. The van der Waals surface area contributed by atoms with E-state index in [1.54, 1.807) is 80.9 Å². The van der Waals surface area contributed by atoms with Crippen molar-refractivity contribution in [3.8, 4) is 0 Å². The summed E-state index contributed by atoms with van der Waals surface area (Å²) < 4.78 is 0. The number of aliphatic imine (C=N–C) groups is 3. The predicted octanol–water partition coefficient (Wildman–Crippen LogP) is -6.51. The van der Waals surface area contributed by atoms with Gasteiger partial charge in [0.2, 0.25) is 76.8 Å². The van der Waals surface area contributed by atoms with E-state index in [-0.39, 0.29) is 133 Å². The molecule has 1 heterocycles. The van der Waals surface area contributed by atoms with Gasteiger partial charge in [0.15, 0.2) is 17.9 Å². The Kier molecular flexibility index (Phi) is 42.4. The Morgan fingerprint density at radius 2 is 0.874 bits per heavy atom. The molecule has 42 heteroatoms. The van der Waals surface area contributed by atoms with Gasteiger partial charge in [0, 0.05) is 61.7 Å². The Bertz CT molecular complexity index is 3710. The molecule has 0 aliphatic heterocycles. The minimum atomic E-state index is -1.86. The number of carbonyl (C=O) groups excluding carboxylic acids is 13. The molecule has 1 aromatic heterocycles. The van der Waals surface area contributed by atoms with E-state index in [9.17, 15) is 72.2 Å². The van der Waals surface area contributed by atoms with Crippen LogP contribution in [-0.4, -0.2) is 227 Å². The highest BCUT2D eigenvalue weighted by Crippen LogP contribution is 2.20. The molecule has 12 atom stereocenters. The number of carbonyl (C=O) groups is 14. The number of carboxylic acid groups (broad SMARTS) is 1. The number of unbranched alkanes of at least 4 members (excludes halogenated alkanes) is 1. The number of thioether (sulfide) groups is 1. The van der Waals surface area contributed by atoms with Crippen LogP contribution in [0, 0.1) is 5.92 Å². The second kappa shape index (κ2) is 49.9. The first-order valence-electron chi connectivity index (χ1n) is 36.0. The predicted molar refractivity (Wildman–Crippen MR) is 421 cm³/mol. The number of aliphatic carboxylic acids is 1. The highest BCUT2D eigenvalue weighted by Gasteiger charge is 2.38. The van der Waals surface area contributed by atoms with Gasteiger partial charge in [-0.3, -0.25) is 77.3 Å². The lowest BCUT2D eigenvalue weighted by atomic mass is 10.0. The van der Waals surface area contributed by atoms with Gasteiger partial charge in [-0.1, -0.05) is 62.4 Å². The van der Waals surface area contributed by atoms with Gasteiger partial charge in [-0.05, 0) is 119 Å². The zero-order valence-corrected chi connectivity index (χ0v) is 64.5. The molecule has 13 amide bonds. The average Bonchev–Trinajstić information content (AvgIpc) is 1.71. The number of carboxylic acids is 1. The molecular weight excluding hydrogens is 1480 g/mol. The molecule has 40 nitrogen and oxygen atoms in total. The SMILES string of the molecule is CSCC[C@H](NC(=O)[C@H](CC(N)=O)NC(=O)[C@H](CCCN=C(N)N)NC(=O)[C@H](C)NC(=O)[C@H](Cc1c[nH]c2ccccc12)NC(=O)[C@H](CCC(N)=O)NC(=O)[C@H](Cc1ccccc1)NC(=O)[C@@H](N)CS)C(=O)N[C@@H](CCCN=C(N)N)C(=O)N[C@@H](CCCCN)C(=O)N[C@H](C(=O)N[C@@H](CCCN=C(N)N)C(=O)O)C(C)C. The first-order chi connectivity index (χ1) is 52.6. The number of nitrogens with two attached hydrogens (primary N) is 10. The minimum Gasteiger partial charge on any atom is -0.480 e. The summed E-state index contributed by atoms with van der Waals surface area (Å²) in [6.45, 7) is 4.58. The molecule has 0 aliphatic rings. The standard InChI is InChI=1S/C69H111N25O15S2/c1-36(2)54(65(107)90-48(66(108)109)22-14-29-82-69(78)79)94-61(103)43(19-10-11-26-70)86-57(99)45(21-13-28-81-68(76)77)87-60(102)47(25-30-111-4)89-64(106)51(33-53(73)96)93-58(100)44(20-12-27-80-67(74)75)85-55(97)37(3)84-62(104)50(32-39-34-83-42-18-9-8-17-40(39)42)92-59(101)46(23-24-52(72)95)88-63(105)49(91-56(98)41(71)35-110)31-38-15-6-5-7-16-38/h5-9,15-18,34,36-37,41,43-51,54,83,110H,10-14,19-33,35,70-71H2,1-4H3,(H2,72,95)(H2,73,96)(H,84,104)(H,85,97)(H,86,99)(H,87,102)(H,88,105)(H,89,106)(H,90,107)(H,91,98)(H,92,101)(H,93,100)(H,94,103)(H,108,109)(H4,74,75,80)(H4,76,77,81)(H4,78,79,82)/t37-,41-,43-,44-,45-,46-,47-,48-,49-,50-,51-,54-/m0/s1. The molecule has 111 heavy (non-hydrogen) atoms. The molecule has 3 aromatic rings. The summed E-state index contributed by atoms with van der Waals surface area (Å²) in [5, 5.41) is 38.8. The second-order valence-corrected chi connectivity index (χ2v) is 27.8. The van der Waals surface area contributed by atoms with Gasteiger partial charge in [0.1, 0.15) is 66.5 Å². The van der Waals surface area contributed by atoms with Crippen LogP contribution in [0.15, 0.2) is 75.8 Å². The van der Waals surface area contributed by atoms with Crippen LogP contribution >= 0.6 is 24.4 Å². The fourth-order valence-corrected chi connectivity index (χ4v) is 11.7. The van der Waals surface area contributed by atoms with Crippen molar-refractivity contribution in [3.63, 3.8) is 0 Å². The van der Waals surface area contributed by atoms with Crippen molar-refractivity contribution in [2.75, 3.05) is 43.9 Å². The Hall–Kier alpha value is -11.0. The fourth-order valence-electron chi connectivity index (χ4n) is 11.0. The molecule has 0 spiro atoms. The van der Waals surface area contributed by atoms with E-state index in [2.05, 4.69) is 91.1 Å². The maximum absolute atomic E-state index is 14.7. The number of primary amides is 2. The van der Waals surface area contributed by atoms with Crippen molar-refractivity contribution >= 4 is 136 Å². The molecule has 0 radical (unpaired) electrons. The lowest BCUT2D eigenvalue weighted by Gasteiger charge is -2.28. The number of rotatable bonds is 53. The Morgan fingerprint density at radius 3 is 1.36 bits per heavy atom. The third-order valence-electron chi connectivity index (χ3n) is 17.1. The zero-order valence-electron chi connectivity index (χ0n) is 62.8.